The summed E-state index contributed by atoms with van der Waals surface area (Å²) in [6.07, 6.45) is 3.51. The molecule has 1 heterocycles. The average Bonchev–Trinajstić information content (AvgIpc) is 2.55. The standard InChI is InChI=1S/C17H17N3O/c1-20(17-18-8-3-9-19-17)12-13-4-5-15-11-16(21-2)7-6-14(15)10-13/h3-11H,12H2,1-2H3. The van der Waals surface area contributed by atoms with Crippen LogP contribution >= 0.6 is 0 Å². The normalized spacial score (nSPS) is 10.6. The van der Waals surface area contributed by atoms with Crippen LogP contribution in [0.4, 0.5) is 5.95 Å². The van der Waals surface area contributed by atoms with E-state index in [1.54, 1.807) is 19.5 Å². The van der Waals surface area contributed by atoms with Crippen LogP contribution in [0.3, 0.4) is 0 Å². The van der Waals surface area contributed by atoms with Crippen molar-refractivity contribution in [3.8, 4) is 5.75 Å². The third-order valence-corrected chi connectivity index (χ3v) is 3.43. The van der Waals surface area contributed by atoms with E-state index in [1.165, 1.54) is 16.3 Å². The summed E-state index contributed by atoms with van der Waals surface area (Å²) in [5, 5.41) is 2.38. The van der Waals surface area contributed by atoms with Crippen molar-refractivity contribution < 1.29 is 4.74 Å². The Labute approximate surface area is 124 Å². The number of rotatable bonds is 4. The Morgan fingerprint density at radius 2 is 1.71 bits per heavy atom. The number of methoxy groups -OCH3 is 1. The van der Waals surface area contributed by atoms with Crippen LogP contribution in [0.5, 0.6) is 5.75 Å². The topological polar surface area (TPSA) is 38.2 Å². The lowest BCUT2D eigenvalue weighted by atomic mass is 10.1. The molecule has 0 aliphatic rings. The molecular weight excluding hydrogens is 262 g/mol. The molecule has 21 heavy (non-hydrogen) atoms. The van der Waals surface area contributed by atoms with Crippen molar-refractivity contribution in [2.45, 2.75) is 6.54 Å². The van der Waals surface area contributed by atoms with Gasteiger partial charge in [0, 0.05) is 26.0 Å². The van der Waals surface area contributed by atoms with Crippen LogP contribution in [0, 0.1) is 0 Å². The lowest BCUT2D eigenvalue weighted by Gasteiger charge is -2.17. The average molecular weight is 279 g/mol. The van der Waals surface area contributed by atoms with Gasteiger partial charge in [-0.3, -0.25) is 0 Å². The first kappa shape index (κ1) is 13.4. The first-order valence-corrected chi connectivity index (χ1v) is 6.81. The quantitative estimate of drug-likeness (QED) is 0.734. The van der Waals surface area contributed by atoms with Crippen LogP contribution in [0.25, 0.3) is 10.8 Å². The molecule has 3 rings (SSSR count). The number of fused-ring (bicyclic) bond motifs is 1. The van der Waals surface area contributed by atoms with Gasteiger partial charge in [0.15, 0.2) is 0 Å². The summed E-state index contributed by atoms with van der Waals surface area (Å²) < 4.78 is 5.25. The molecule has 2 aromatic carbocycles. The third kappa shape index (κ3) is 2.94. The zero-order valence-electron chi connectivity index (χ0n) is 12.2. The van der Waals surface area contributed by atoms with Gasteiger partial charge in [-0.05, 0) is 40.6 Å². The maximum absolute atomic E-state index is 5.25. The molecule has 0 fully saturated rings. The summed E-state index contributed by atoms with van der Waals surface area (Å²) in [7, 11) is 3.68. The number of hydrogen-bond acceptors (Lipinski definition) is 4. The van der Waals surface area contributed by atoms with E-state index in [0.717, 1.165) is 18.2 Å². The van der Waals surface area contributed by atoms with E-state index in [-0.39, 0.29) is 0 Å². The molecule has 0 aliphatic heterocycles. The van der Waals surface area contributed by atoms with Crippen LogP contribution in [0.15, 0.2) is 54.9 Å². The molecule has 3 aromatic rings. The lowest BCUT2D eigenvalue weighted by molar-refractivity contribution is 0.415. The molecule has 0 radical (unpaired) electrons. The van der Waals surface area contributed by atoms with Gasteiger partial charge in [0.1, 0.15) is 5.75 Å². The van der Waals surface area contributed by atoms with Gasteiger partial charge in [-0.25, -0.2) is 9.97 Å². The highest BCUT2D eigenvalue weighted by molar-refractivity contribution is 5.84. The molecule has 4 nitrogen and oxygen atoms in total. The number of aromatic nitrogens is 2. The highest BCUT2D eigenvalue weighted by atomic mass is 16.5. The Bertz CT molecular complexity index is 743. The third-order valence-electron chi connectivity index (χ3n) is 3.43. The van der Waals surface area contributed by atoms with Crippen LogP contribution in [0.2, 0.25) is 0 Å². The summed E-state index contributed by atoms with van der Waals surface area (Å²) in [5.41, 5.74) is 1.22. The summed E-state index contributed by atoms with van der Waals surface area (Å²) in [6, 6.07) is 14.4. The fourth-order valence-corrected chi connectivity index (χ4v) is 2.33. The Balaban J connectivity index is 1.84. The van der Waals surface area contributed by atoms with Gasteiger partial charge in [-0.2, -0.15) is 0 Å². The van der Waals surface area contributed by atoms with Crippen molar-refractivity contribution in [1.82, 2.24) is 9.97 Å². The number of hydrogen-bond donors (Lipinski definition) is 0. The summed E-state index contributed by atoms with van der Waals surface area (Å²) >= 11 is 0. The van der Waals surface area contributed by atoms with Crippen molar-refractivity contribution >= 4 is 16.7 Å². The van der Waals surface area contributed by atoms with E-state index < -0.39 is 0 Å². The molecule has 0 N–H and O–H groups in total. The van der Waals surface area contributed by atoms with E-state index in [9.17, 15) is 0 Å². The van der Waals surface area contributed by atoms with Gasteiger partial charge in [0.05, 0.1) is 7.11 Å². The fourth-order valence-electron chi connectivity index (χ4n) is 2.33. The Hall–Kier alpha value is -2.62. The van der Waals surface area contributed by atoms with E-state index in [2.05, 4.69) is 34.2 Å². The second kappa shape index (κ2) is 5.79. The van der Waals surface area contributed by atoms with Gasteiger partial charge >= 0.3 is 0 Å². The molecule has 4 heteroatoms. The first-order chi connectivity index (χ1) is 10.3. The highest BCUT2D eigenvalue weighted by Gasteiger charge is 2.05. The van der Waals surface area contributed by atoms with Crippen molar-refractivity contribution in [1.29, 1.82) is 0 Å². The minimum absolute atomic E-state index is 0.729. The Morgan fingerprint density at radius 1 is 1.00 bits per heavy atom. The van der Waals surface area contributed by atoms with Gasteiger partial charge in [-0.1, -0.05) is 18.2 Å². The molecule has 0 saturated carbocycles. The largest absolute Gasteiger partial charge is 0.497 e. The van der Waals surface area contributed by atoms with Crippen molar-refractivity contribution in [3.05, 3.63) is 60.4 Å². The predicted molar refractivity (Wildman–Crippen MR) is 84.6 cm³/mol. The minimum Gasteiger partial charge on any atom is -0.497 e. The maximum Gasteiger partial charge on any atom is 0.225 e. The second-order valence-electron chi connectivity index (χ2n) is 4.95. The smallest absolute Gasteiger partial charge is 0.225 e. The fraction of sp³-hybridized carbons (Fsp3) is 0.176. The molecular formula is C17H17N3O. The highest BCUT2D eigenvalue weighted by Crippen LogP contribution is 2.22. The van der Waals surface area contributed by atoms with E-state index in [1.807, 2.05) is 30.1 Å². The van der Waals surface area contributed by atoms with Gasteiger partial charge in [-0.15, -0.1) is 0 Å². The number of anilines is 1. The molecule has 0 unspecified atom stereocenters. The zero-order chi connectivity index (χ0) is 14.7. The Morgan fingerprint density at radius 3 is 2.48 bits per heavy atom. The molecule has 1 aromatic heterocycles. The molecule has 106 valence electrons. The van der Waals surface area contributed by atoms with Crippen LogP contribution in [-0.4, -0.2) is 24.1 Å². The maximum atomic E-state index is 5.25. The van der Waals surface area contributed by atoms with Crippen molar-refractivity contribution in [2.75, 3.05) is 19.1 Å². The first-order valence-electron chi connectivity index (χ1n) is 6.81. The van der Waals surface area contributed by atoms with Crippen LogP contribution in [-0.2, 0) is 6.54 Å². The molecule has 0 aliphatic carbocycles. The molecule has 0 saturated heterocycles. The summed E-state index contributed by atoms with van der Waals surface area (Å²) in [5.74, 6) is 1.61. The van der Waals surface area contributed by atoms with E-state index in [0.29, 0.717) is 0 Å². The number of nitrogens with zero attached hydrogens (tertiary/aromatic N) is 3. The Kier molecular flexibility index (Phi) is 3.69. The minimum atomic E-state index is 0.729. The van der Waals surface area contributed by atoms with E-state index >= 15 is 0 Å². The van der Waals surface area contributed by atoms with Gasteiger partial charge < -0.3 is 9.64 Å². The summed E-state index contributed by atoms with van der Waals surface area (Å²) in [6.45, 7) is 0.770. The van der Waals surface area contributed by atoms with Crippen LogP contribution < -0.4 is 9.64 Å². The van der Waals surface area contributed by atoms with Crippen molar-refractivity contribution in [2.24, 2.45) is 0 Å². The SMILES string of the molecule is COc1ccc2cc(CN(C)c3ncccn3)ccc2c1. The molecule has 0 spiro atoms. The predicted octanol–water partition coefficient (Wildman–Crippen LogP) is 3.27. The van der Waals surface area contributed by atoms with Gasteiger partial charge in [0.2, 0.25) is 5.95 Å². The molecule has 0 amide bonds. The second-order valence-corrected chi connectivity index (χ2v) is 4.95. The lowest BCUT2D eigenvalue weighted by Crippen LogP contribution is -2.18. The van der Waals surface area contributed by atoms with Crippen molar-refractivity contribution in [3.63, 3.8) is 0 Å². The number of ether oxygens (including phenoxy) is 1. The molecule has 0 bridgehead atoms. The van der Waals surface area contributed by atoms with E-state index in [4.69, 9.17) is 4.74 Å². The zero-order valence-corrected chi connectivity index (χ0v) is 12.2. The number of benzene rings is 2. The summed E-state index contributed by atoms with van der Waals surface area (Å²) in [4.78, 5) is 10.5. The van der Waals surface area contributed by atoms with Crippen LogP contribution in [0.1, 0.15) is 5.56 Å². The van der Waals surface area contributed by atoms with Gasteiger partial charge in [0.25, 0.3) is 0 Å². The monoisotopic (exact) mass is 279 g/mol. The molecule has 0 atom stereocenters.